The number of carbonyl (C=O) groups is 5. The minimum atomic E-state index is -1.51. The summed E-state index contributed by atoms with van der Waals surface area (Å²) in [7, 11) is 1.30. The van der Waals surface area contributed by atoms with Crippen LogP contribution in [0.3, 0.4) is 0 Å². The van der Waals surface area contributed by atoms with E-state index in [1.54, 1.807) is 0 Å². The molecule has 14 heteroatoms. The van der Waals surface area contributed by atoms with Gasteiger partial charge in [0.15, 0.2) is 35.1 Å². The Morgan fingerprint density at radius 1 is 1.00 bits per heavy atom. The van der Waals surface area contributed by atoms with Gasteiger partial charge in [0, 0.05) is 18.7 Å². The number of unbranched alkanes of at least 4 members (excludes halogenated alkanes) is 1. The van der Waals surface area contributed by atoms with Gasteiger partial charge in [0.1, 0.15) is 12.2 Å². The molecule has 4 N–H and O–H groups in total. The van der Waals surface area contributed by atoms with Gasteiger partial charge in [-0.25, -0.2) is 9.78 Å². The Bertz CT molecular complexity index is 1440. The van der Waals surface area contributed by atoms with E-state index in [0.29, 0.717) is 12.8 Å². The van der Waals surface area contributed by atoms with Gasteiger partial charge in [0.05, 0.1) is 24.3 Å². The third kappa shape index (κ3) is 8.64. The number of pyridine rings is 1. The third-order valence-electron chi connectivity index (χ3n) is 7.34. The van der Waals surface area contributed by atoms with Crippen LogP contribution in [0.15, 0.2) is 30.5 Å². The standard InChI is InChI=1S/C32H41N3O11/c1-7-8-10-20-28(46-23(36)15-16(2)3)18(5)45-32(42)24(17(4)44-31(20)41)35-29(39)19-11-9-12-21(26(19)37)34-30(40)25-27(38)22(43-6)13-14-33-25/h9,11-14,16-18,20,24,28,37-38H,7-8,10,15H2,1-6H3,(H,34,40)(H,35,39)/t17?,18-,20+,24-,28-/m0/s1. The van der Waals surface area contributed by atoms with Crippen molar-refractivity contribution in [3.05, 3.63) is 41.7 Å². The zero-order valence-corrected chi connectivity index (χ0v) is 26.7. The first-order valence-corrected chi connectivity index (χ1v) is 15.1. The molecule has 0 bridgehead atoms. The van der Waals surface area contributed by atoms with E-state index in [2.05, 4.69) is 15.6 Å². The molecule has 1 aromatic heterocycles. The second-order valence-electron chi connectivity index (χ2n) is 11.4. The van der Waals surface area contributed by atoms with Crippen LogP contribution in [0.2, 0.25) is 0 Å². The van der Waals surface area contributed by atoms with E-state index in [9.17, 15) is 34.2 Å². The van der Waals surface area contributed by atoms with Crippen LogP contribution in [0, 0.1) is 11.8 Å². The molecule has 1 aliphatic rings. The Kier molecular flexibility index (Phi) is 12.3. The van der Waals surface area contributed by atoms with Gasteiger partial charge < -0.3 is 39.8 Å². The highest BCUT2D eigenvalue weighted by atomic mass is 16.6. The summed E-state index contributed by atoms with van der Waals surface area (Å²) >= 11 is 0. The number of nitrogens with one attached hydrogen (secondary N) is 2. The molecular formula is C32H41N3O11. The van der Waals surface area contributed by atoms with Crippen molar-refractivity contribution >= 4 is 35.4 Å². The Morgan fingerprint density at radius 3 is 2.35 bits per heavy atom. The number of cyclic esters (lactones) is 2. The number of hydrogen-bond acceptors (Lipinski definition) is 12. The van der Waals surface area contributed by atoms with E-state index in [4.69, 9.17) is 18.9 Å². The summed E-state index contributed by atoms with van der Waals surface area (Å²) < 4.78 is 21.9. The highest BCUT2D eigenvalue weighted by Gasteiger charge is 2.44. The summed E-state index contributed by atoms with van der Waals surface area (Å²) in [6.07, 6.45) is -0.358. The minimum Gasteiger partial charge on any atom is -0.505 e. The summed E-state index contributed by atoms with van der Waals surface area (Å²) in [4.78, 5) is 69.3. The average molecular weight is 644 g/mol. The van der Waals surface area contributed by atoms with E-state index >= 15 is 0 Å². The molecule has 1 aliphatic heterocycles. The number of carbonyl (C=O) groups excluding carboxylic acids is 5. The molecule has 46 heavy (non-hydrogen) atoms. The average Bonchev–Trinajstić information content (AvgIpc) is 3.01. The number of para-hydroxylation sites is 1. The molecule has 0 radical (unpaired) electrons. The Hall–Kier alpha value is -4.88. The number of benzene rings is 1. The molecule has 1 aromatic carbocycles. The molecular weight excluding hydrogens is 602 g/mol. The van der Waals surface area contributed by atoms with Crippen molar-refractivity contribution in [3.8, 4) is 17.2 Å². The van der Waals surface area contributed by atoms with Crippen LogP contribution in [0.5, 0.6) is 17.2 Å². The van der Waals surface area contributed by atoms with Gasteiger partial charge in [-0.15, -0.1) is 0 Å². The van der Waals surface area contributed by atoms with Crippen LogP contribution < -0.4 is 15.4 Å². The smallest absolute Gasteiger partial charge is 0.332 e. The third-order valence-corrected chi connectivity index (χ3v) is 7.34. The highest BCUT2D eigenvalue weighted by Crippen LogP contribution is 2.32. The Morgan fingerprint density at radius 2 is 1.70 bits per heavy atom. The van der Waals surface area contributed by atoms with Crippen LogP contribution >= 0.6 is 0 Å². The van der Waals surface area contributed by atoms with E-state index in [1.807, 2.05) is 20.8 Å². The fraction of sp³-hybridized carbons (Fsp3) is 0.500. The van der Waals surface area contributed by atoms with Crippen molar-refractivity contribution in [1.82, 2.24) is 10.3 Å². The fourth-order valence-corrected chi connectivity index (χ4v) is 4.90. The highest BCUT2D eigenvalue weighted by molar-refractivity contribution is 6.08. The van der Waals surface area contributed by atoms with Gasteiger partial charge in [-0.1, -0.05) is 39.7 Å². The lowest BCUT2D eigenvalue weighted by atomic mass is 9.92. The molecule has 1 saturated heterocycles. The van der Waals surface area contributed by atoms with Crippen LogP contribution in [-0.2, 0) is 28.6 Å². The fourth-order valence-electron chi connectivity index (χ4n) is 4.90. The molecule has 0 aliphatic carbocycles. The molecule has 0 saturated carbocycles. The monoisotopic (exact) mass is 643 g/mol. The summed E-state index contributed by atoms with van der Waals surface area (Å²) in [5, 5.41) is 26.0. The van der Waals surface area contributed by atoms with Gasteiger partial charge in [0.25, 0.3) is 11.8 Å². The van der Waals surface area contributed by atoms with Crippen molar-refractivity contribution in [2.45, 2.75) is 84.7 Å². The lowest BCUT2D eigenvalue weighted by molar-refractivity contribution is -0.175. The largest absolute Gasteiger partial charge is 0.505 e. The lowest BCUT2D eigenvalue weighted by Crippen LogP contribution is -2.50. The van der Waals surface area contributed by atoms with Crippen molar-refractivity contribution in [2.24, 2.45) is 11.8 Å². The number of nitrogens with zero attached hydrogens (tertiary/aromatic N) is 1. The van der Waals surface area contributed by atoms with Crippen molar-refractivity contribution in [2.75, 3.05) is 12.4 Å². The Labute approximate surface area is 266 Å². The second kappa shape index (κ2) is 15.9. The quantitative estimate of drug-likeness (QED) is 0.158. The number of anilines is 1. The maximum Gasteiger partial charge on any atom is 0.332 e. The number of methoxy groups -OCH3 is 1. The van der Waals surface area contributed by atoms with Crippen molar-refractivity contribution in [3.63, 3.8) is 0 Å². The first kappa shape index (κ1) is 35.6. The maximum absolute atomic E-state index is 13.4. The molecule has 250 valence electrons. The Balaban J connectivity index is 1.85. The van der Waals surface area contributed by atoms with Crippen LogP contribution in [0.25, 0.3) is 0 Å². The molecule has 1 fully saturated rings. The number of esters is 3. The van der Waals surface area contributed by atoms with Gasteiger partial charge in [-0.3, -0.25) is 19.2 Å². The molecule has 2 heterocycles. The molecule has 2 amide bonds. The molecule has 3 rings (SSSR count). The summed E-state index contributed by atoms with van der Waals surface area (Å²) in [5.41, 5.74) is -0.921. The zero-order valence-electron chi connectivity index (χ0n) is 26.7. The van der Waals surface area contributed by atoms with E-state index < -0.39 is 77.2 Å². The number of rotatable bonds is 11. The predicted octanol–water partition coefficient (Wildman–Crippen LogP) is 3.49. The number of ether oxygens (including phenoxy) is 4. The first-order valence-electron chi connectivity index (χ1n) is 15.1. The predicted molar refractivity (Wildman–Crippen MR) is 163 cm³/mol. The number of hydrogen-bond donors (Lipinski definition) is 4. The summed E-state index contributed by atoms with van der Waals surface area (Å²) in [6, 6.07) is 3.75. The summed E-state index contributed by atoms with van der Waals surface area (Å²) in [5.74, 6) is -6.16. The van der Waals surface area contributed by atoms with E-state index in [-0.39, 0.29) is 29.3 Å². The SMILES string of the molecule is CCCC[C@H]1C(=O)OC(C)[C@H](NC(=O)c2cccc(NC(=O)c3nccc(OC)c3O)c2O)C(=O)O[C@@H](C)[C@@H]1OC(=O)CC(C)C. The van der Waals surface area contributed by atoms with E-state index in [0.717, 1.165) is 6.42 Å². The van der Waals surface area contributed by atoms with Gasteiger partial charge >= 0.3 is 17.9 Å². The molecule has 14 nitrogen and oxygen atoms in total. The number of amides is 2. The first-order chi connectivity index (χ1) is 21.8. The molecule has 5 atom stereocenters. The van der Waals surface area contributed by atoms with Crippen LogP contribution in [-0.4, -0.2) is 76.4 Å². The summed E-state index contributed by atoms with van der Waals surface area (Å²) in [6.45, 7) is 8.53. The van der Waals surface area contributed by atoms with Gasteiger partial charge in [-0.2, -0.15) is 0 Å². The van der Waals surface area contributed by atoms with Gasteiger partial charge in [0.2, 0.25) is 0 Å². The second-order valence-corrected chi connectivity index (χ2v) is 11.4. The lowest BCUT2D eigenvalue weighted by Gasteiger charge is -2.29. The number of aromatic nitrogens is 1. The zero-order chi connectivity index (χ0) is 34.1. The molecule has 2 aromatic rings. The number of phenolic OH excluding ortho intramolecular Hbond substituents is 1. The van der Waals surface area contributed by atoms with Gasteiger partial charge in [-0.05, 0) is 38.3 Å². The van der Waals surface area contributed by atoms with Crippen LogP contribution in [0.4, 0.5) is 5.69 Å². The topological polar surface area (TPSA) is 200 Å². The maximum atomic E-state index is 13.4. The van der Waals surface area contributed by atoms with Crippen molar-refractivity contribution in [1.29, 1.82) is 0 Å². The molecule has 1 unspecified atom stereocenters. The van der Waals surface area contributed by atoms with E-state index in [1.165, 1.54) is 51.4 Å². The van der Waals surface area contributed by atoms with Crippen molar-refractivity contribution < 1.29 is 53.1 Å². The van der Waals surface area contributed by atoms with Crippen LogP contribution in [0.1, 0.15) is 81.1 Å². The number of aromatic hydroxyl groups is 2. The normalized spacial score (nSPS) is 21.6. The number of phenols is 1. The molecule has 0 spiro atoms. The minimum absolute atomic E-state index is 0.000232.